The number of hydrogen-bond donors (Lipinski definition) is 2. The minimum Gasteiger partial charge on any atom is -0.479 e. The summed E-state index contributed by atoms with van der Waals surface area (Å²) in [4.78, 5) is 22.5. The lowest BCUT2D eigenvalue weighted by atomic mass is 10.0. The van der Waals surface area contributed by atoms with E-state index in [2.05, 4.69) is 5.32 Å². The Morgan fingerprint density at radius 3 is 2.47 bits per heavy atom. The van der Waals surface area contributed by atoms with E-state index in [1.165, 1.54) is 7.11 Å². The second kappa shape index (κ2) is 6.21. The molecule has 1 rings (SSSR count). The molecule has 1 aliphatic heterocycles. The quantitative estimate of drug-likeness (QED) is 0.790. The first-order chi connectivity index (χ1) is 8.73. The van der Waals surface area contributed by atoms with Crippen molar-refractivity contribution >= 4 is 12.1 Å². The topological polar surface area (TPSA) is 94.1 Å². The van der Waals surface area contributed by atoms with Crippen LogP contribution in [0.25, 0.3) is 0 Å². The first-order valence-corrected chi connectivity index (χ1v) is 6.09. The molecular weight excluding hydrogens is 254 g/mol. The summed E-state index contributed by atoms with van der Waals surface area (Å²) in [6, 6.07) is -0.421. The first-order valence-electron chi connectivity index (χ1n) is 6.09. The number of nitrogens with one attached hydrogen (secondary N) is 1. The molecule has 0 aliphatic carbocycles. The number of carboxylic acids is 1. The van der Waals surface area contributed by atoms with E-state index in [0.717, 1.165) is 0 Å². The van der Waals surface area contributed by atoms with Crippen LogP contribution >= 0.6 is 0 Å². The van der Waals surface area contributed by atoms with Crippen LogP contribution in [0.4, 0.5) is 4.79 Å². The number of ether oxygens (including phenoxy) is 3. The maximum atomic E-state index is 11.6. The van der Waals surface area contributed by atoms with Gasteiger partial charge >= 0.3 is 12.1 Å². The Kier molecular flexibility index (Phi) is 5.13. The lowest BCUT2D eigenvalue weighted by Crippen LogP contribution is -2.54. The summed E-state index contributed by atoms with van der Waals surface area (Å²) < 4.78 is 15.5. The summed E-state index contributed by atoms with van der Waals surface area (Å²) in [7, 11) is 1.47. The smallest absolute Gasteiger partial charge is 0.408 e. The first kappa shape index (κ1) is 15.7. The molecule has 2 N–H and O–H groups in total. The van der Waals surface area contributed by atoms with Crippen LogP contribution in [0.3, 0.4) is 0 Å². The summed E-state index contributed by atoms with van der Waals surface area (Å²) in [6.45, 7) is 5.36. The monoisotopic (exact) mass is 275 g/mol. The van der Waals surface area contributed by atoms with E-state index in [1.807, 2.05) is 0 Å². The van der Waals surface area contributed by atoms with Crippen molar-refractivity contribution in [2.75, 3.05) is 13.7 Å². The van der Waals surface area contributed by atoms with E-state index in [4.69, 9.17) is 19.3 Å². The number of hydrogen-bond acceptors (Lipinski definition) is 5. The SMILES string of the molecule is COC1C[C@@H](C(=O)O)OC[C@@H]1NC(=O)OC(C)(C)C. The molecule has 0 spiro atoms. The molecule has 1 saturated heterocycles. The maximum absolute atomic E-state index is 11.6. The molecule has 19 heavy (non-hydrogen) atoms. The standard InChI is InChI=1S/C12H21NO6/c1-12(2,3)19-11(16)13-7-6-18-9(10(14)15)5-8(7)17-4/h7-9H,5-6H2,1-4H3,(H,13,16)(H,14,15)/t7-,8?,9-/m0/s1. The van der Waals surface area contributed by atoms with Gasteiger partial charge in [0, 0.05) is 13.5 Å². The van der Waals surface area contributed by atoms with Crippen molar-refractivity contribution in [3.05, 3.63) is 0 Å². The average Bonchev–Trinajstić information content (AvgIpc) is 2.26. The van der Waals surface area contributed by atoms with E-state index >= 15 is 0 Å². The second-order valence-corrected chi connectivity index (χ2v) is 5.42. The van der Waals surface area contributed by atoms with Gasteiger partial charge < -0.3 is 24.6 Å². The molecule has 0 saturated carbocycles. The van der Waals surface area contributed by atoms with E-state index in [0.29, 0.717) is 0 Å². The van der Waals surface area contributed by atoms with Crippen LogP contribution in [-0.2, 0) is 19.0 Å². The van der Waals surface area contributed by atoms with Crippen molar-refractivity contribution < 1.29 is 28.9 Å². The van der Waals surface area contributed by atoms with Crippen molar-refractivity contribution in [3.8, 4) is 0 Å². The van der Waals surface area contributed by atoms with Crippen LogP contribution < -0.4 is 5.32 Å². The highest BCUT2D eigenvalue weighted by molar-refractivity contribution is 5.72. The molecular formula is C12H21NO6. The van der Waals surface area contributed by atoms with Crippen molar-refractivity contribution in [3.63, 3.8) is 0 Å². The Hall–Kier alpha value is -1.34. The number of carbonyl (C=O) groups is 2. The molecule has 1 unspecified atom stereocenters. The third-order valence-electron chi connectivity index (χ3n) is 2.65. The Morgan fingerprint density at radius 1 is 1.37 bits per heavy atom. The minimum atomic E-state index is -1.03. The Labute approximate surface area is 112 Å². The molecule has 0 aromatic rings. The molecule has 1 amide bonds. The number of aliphatic carboxylic acids is 1. The predicted octanol–water partition coefficient (Wildman–Crippen LogP) is 0.768. The molecule has 1 fully saturated rings. The zero-order chi connectivity index (χ0) is 14.6. The molecule has 0 bridgehead atoms. The highest BCUT2D eigenvalue weighted by Crippen LogP contribution is 2.18. The van der Waals surface area contributed by atoms with E-state index in [1.54, 1.807) is 20.8 Å². The van der Waals surface area contributed by atoms with Gasteiger partial charge in [0.2, 0.25) is 0 Å². The normalized spacial score (nSPS) is 27.7. The van der Waals surface area contributed by atoms with Gasteiger partial charge in [0.15, 0.2) is 6.10 Å². The molecule has 0 aromatic carbocycles. The summed E-state index contributed by atoms with van der Waals surface area (Å²) in [5.74, 6) is -1.03. The van der Waals surface area contributed by atoms with Gasteiger partial charge in [0.25, 0.3) is 0 Å². The minimum absolute atomic E-state index is 0.0781. The Bertz CT molecular complexity index is 338. The van der Waals surface area contributed by atoms with Gasteiger partial charge in [-0.25, -0.2) is 9.59 Å². The molecule has 1 aliphatic rings. The van der Waals surface area contributed by atoms with Gasteiger partial charge in [-0.15, -0.1) is 0 Å². The average molecular weight is 275 g/mol. The molecule has 0 radical (unpaired) electrons. The predicted molar refractivity (Wildman–Crippen MR) is 65.9 cm³/mol. The largest absolute Gasteiger partial charge is 0.479 e. The summed E-state index contributed by atoms with van der Waals surface area (Å²) >= 11 is 0. The summed E-state index contributed by atoms with van der Waals surface area (Å²) in [6.07, 6.45) is -1.70. The maximum Gasteiger partial charge on any atom is 0.408 e. The van der Waals surface area contributed by atoms with Crippen LogP contribution in [0.5, 0.6) is 0 Å². The second-order valence-electron chi connectivity index (χ2n) is 5.42. The number of carboxylic acid groups (broad SMARTS) is 1. The van der Waals surface area contributed by atoms with E-state index in [9.17, 15) is 9.59 Å². The van der Waals surface area contributed by atoms with Crippen LogP contribution in [-0.4, -0.2) is 54.7 Å². The number of carbonyl (C=O) groups excluding carboxylic acids is 1. The number of amides is 1. The van der Waals surface area contributed by atoms with Gasteiger partial charge in [-0.3, -0.25) is 0 Å². The Morgan fingerprint density at radius 2 is 2.00 bits per heavy atom. The molecule has 1 heterocycles. The fourth-order valence-electron chi connectivity index (χ4n) is 1.80. The van der Waals surface area contributed by atoms with Gasteiger partial charge in [0.05, 0.1) is 18.8 Å². The molecule has 7 nitrogen and oxygen atoms in total. The lowest BCUT2D eigenvalue weighted by Gasteiger charge is -2.34. The van der Waals surface area contributed by atoms with Crippen LogP contribution in [0, 0.1) is 0 Å². The van der Waals surface area contributed by atoms with Gasteiger partial charge in [0.1, 0.15) is 5.60 Å². The van der Waals surface area contributed by atoms with E-state index < -0.39 is 35.9 Å². The molecule has 110 valence electrons. The fraction of sp³-hybridized carbons (Fsp3) is 0.833. The zero-order valence-corrected chi connectivity index (χ0v) is 11.6. The number of alkyl carbamates (subject to hydrolysis) is 1. The fourth-order valence-corrected chi connectivity index (χ4v) is 1.80. The van der Waals surface area contributed by atoms with E-state index in [-0.39, 0.29) is 13.0 Å². The number of rotatable bonds is 3. The Balaban J connectivity index is 2.54. The van der Waals surface area contributed by atoms with Crippen LogP contribution in [0.15, 0.2) is 0 Å². The summed E-state index contributed by atoms with van der Waals surface area (Å²) in [5.41, 5.74) is -0.591. The summed E-state index contributed by atoms with van der Waals surface area (Å²) in [5, 5.41) is 11.5. The van der Waals surface area contributed by atoms with Gasteiger partial charge in [-0.1, -0.05) is 0 Å². The van der Waals surface area contributed by atoms with Gasteiger partial charge in [-0.05, 0) is 20.8 Å². The lowest BCUT2D eigenvalue weighted by molar-refractivity contribution is -0.160. The van der Waals surface area contributed by atoms with Crippen LogP contribution in [0.2, 0.25) is 0 Å². The third kappa shape index (κ3) is 5.04. The van der Waals surface area contributed by atoms with Crippen LogP contribution in [0.1, 0.15) is 27.2 Å². The van der Waals surface area contributed by atoms with Crippen molar-refractivity contribution in [2.45, 2.75) is 51.0 Å². The molecule has 3 atom stereocenters. The highest BCUT2D eigenvalue weighted by atomic mass is 16.6. The van der Waals surface area contributed by atoms with Crippen molar-refractivity contribution in [1.82, 2.24) is 5.32 Å². The van der Waals surface area contributed by atoms with Crippen molar-refractivity contribution in [1.29, 1.82) is 0 Å². The third-order valence-corrected chi connectivity index (χ3v) is 2.65. The number of methoxy groups -OCH3 is 1. The molecule has 7 heteroatoms. The highest BCUT2D eigenvalue weighted by Gasteiger charge is 2.36. The molecule has 0 aromatic heterocycles. The van der Waals surface area contributed by atoms with Gasteiger partial charge in [-0.2, -0.15) is 0 Å². The van der Waals surface area contributed by atoms with Crippen molar-refractivity contribution in [2.24, 2.45) is 0 Å². The zero-order valence-electron chi connectivity index (χ0n) is 11.6.